The van der Waals surface area contributed by atoms with Gasteiger partial charge in [0.05, 0.1) is 10.6 Å². The molecular formula is C24H16N2O4S. The maximum atomic E-state index is 12.3. The predicted molar refractivity (Wildman–Crippen MR) is 121 cm³/mol. The van der Waals surface area contributed by atoms with E-state index in [-0.39, 0.29) is 11.5 Å². The van der Waals surface area contributed by atoms with Crippen molar-refractivity contribution in [3.8, 4) is 11.1 Å². The molecule has 152 valence electrons. The van der Waals surface area contributed by atoms with E-state index in [2.05, 4.69) is 10.3 Å². The second-order valence-electron chi connectivity index (χ2n) is 6.65. The van der Waals surface area contributed by atoms with E-state index in [4.69, 9.17) is 5.11 Å². The summed E-state index contributed by atoms with van der Waals surface area (Å²) < 4.78 is 0. The predicted octanol–water partition coefficient (Wildman–Crippen LogP) is 4.51. The van der Waals surface area contributed by atoms with Gasteiger partial charge in [-0.1, -0.05) is 54.6 Å². The highest BCUT2D eigenvalue weighted by Gasteiger charge is 2.24. The van der Waals surface area contributed by atoms with Crippen molar-refractivity contribution < 1.29 is 19.5 Å². The van der Waals surface area contributed by atoms with E-state index < -0.39 is 11.8 Å². The van der Waals surface area contributed by atoms with Gasteiger partial charge in [-0.05, 0) is 58.8 Å². The lowest BCUT2D eigenvalue weighted by molar-refractivity contribution is -0.131. The van der Waals surface area contributed by atoms with Crippen molar-refractivity contribution in [3.05, 3.63) is 94.9 Å². The van der Waals surface area contributed by atoms with Gasteiger partial charge in [0.2, 0.25) is 0 Å². The first-order valence-electron chi connectivity index (χ1n) is 9.32. The van der Waals surface area contributed by atoms with Crippen LogP contribution in [0.5, 0.6) is 0 Å². The number of ketones is 1. The molecule has 0 spiro atoms. The lowest BCUT2D eigenvalue weighted by atomic mass is 10.0. The van der Waals surface area contributed by atoms with Crippen molar-refractivity contribution in [2.24, 2.45) is 4.99 Å². The monoisotopic (exact) mass is 428 g/mol. The topological polar surface area (TPSA) is 95.8 Å². The number of benzene rings is 3. The summed E-state index contributed by atoms with van der Waals surface area (Å²) in [5, 5.41) is 11.9. The zero-order valence-corrected chi connectivity index (χ0v) is 16.9. The molecule has 1 heterocycles. The number of amidine groups is 1. The van der Waals surface area contributed by atoms with Crippen LogP contribution in [0.4, 0.5) is 5.69 Å². The second-order valence-corrected chi connectivity index (χ2v) is 7.68. The number of nitrogens with one attached hydrogen (secondary N) is 1. The van der Waals surface area contributed by atoms with Crippen LogP contribution in [0.25, 0.3) is 17.2 Å². The lowest BCUT2D eigenvalue weighted by Crippen LogP contribution is -2.19. The first kappa shape index (κ1) is 20.3. The number of nitrogens with zero attached hydrogens (tertiary/aromatic N) is 1. The minimum Gasteiger partial charge on any atom is -0.475 e. The molecule has 1 amide bonds. The third kappa shape index (κ3) is 4.79. The Kier molecular flexibility index (Phi) is 5.77. The zero-order valence-electron chi connectivity index (χ0n) is 16.1. The van der Waals surface area contributed by atoms with Crippen molar-refractivity contribution in [1.82, 2.24) is 5.32 Å². The van der Waals surface area contributed by atoms with Crippen molar-refractivity contribution in [1.29, 1.82) is 0 Å². The van der Waals surface area contributed by atoms with Gasteiger partial charge in [0.15, 0.2) is 5.17 Å². The number of carbonyl (C=O) groups is 3. The van der Waals surface area contributed by atoms with Crippen LogP contribution < -0.4 is 5.32 Å². The molecule has 0 unspecified atom stereocenters. The van der Waals surface area contributed by atoms with Gasteiger partial charge < -0.3 is 10.4 Å². The molecule has 31 heavy (non-hydrogen) atoms. The molecule has 0 radical (unpaired) electrons. The molecule has 4 rings (SSSR count). The number of carboxylic acid groups (broad SMARTS) is 1. The van der Waals surface area contributed by atoms with E-state index in [1.165, 1.54) is 36.0 Å². The number of amides is 1. The first-order valence-corrected chi connectivity index (χ1v) is 10.1. The highest BCUT2D eigenvalue weighted by molar-refractivity contribution is 8.18. The summed E-state index contributed by atoms with van der Waals surface area (Å²) in [5.74, 6) is -2.73. The average Bonchev–Trinajstić information content (AvgIpc) is 3.13. The highest BCUT2D eigenvalue weighted by Crippen LogP contribution is 2.29. The molecule has 0 saturated carbocycles. The Labute approximate surface area is 182 Å². The van der Waals surface area contributed by atoms with Crippen molar-refractivity contribution in [2.75, 3.05) is 0 Å². The Morgan fingerprint density at radius 3 is 2.16 bits per heavy atom. The number of thioether (sulfide) groups is 1. The van der Waals surface area contributed by atoms with E-state index in [0.29, 0.717) is 15.8 Å². The van der Waals surface area contributed by atoms with Crippen LogP contribution in [-0.2, 0) is 9.59 Å². The molecule has 0 aliphatic carbocycles. The second kappa shape index (κ2) is 8.81. The summed E-state index contributed by atoms with van der Waals surface area (Å²) in [6, 6.07) is 23.8. The number of rotatable bonds is 5. The molecule has 0 aromatic heterocycles. The van der Waals surface area contributed by atoms with Gasteiger partial charge in [0.1, 0.15) is 0 Å². The fraction of sp³-hybridized carbons (Fsp3) is 0. The van der Waals surface area contributed by atoms with Gasteiger partial charge in [0.25, 0.3) is 11.7 Å². The average molecular weight is 428 g/mol. The van der Waals surface area contributed by atoms with Crippen LogP contribution in [-0.4, -0.2) is 27.9 Å². The fourth-order valence-electron chi connectivity index (χ4n) is 2.96. The third-order valence-electron chi connectivity index (χ3n) is 4.52. The summed E-state index contributed by atoms with van der Waals surface area (Å²) in [6.07, 6.45) is 1.80. The molecule has 0 bridgehead atoms. The van der Waals surface area contributed by atoms with E-state index in [1.54, 1.807) is 6.08 Å². The van der Waals surface area contributed by atoms with E-state index in [1.807, 2.05) is 54.6 Å². The molecule has 0 atom stereocenters. The molecule has 3 aromatic rings. The molecule has 3 aromatic carbocycles. The maximum absolute atomic E-state index is 12.3. The quantitative estimate of drug-likeness (QED) is 0.354. The number of hydrogen-bond donors (Lipinski definition) is 2. The van der Waals surface area contributed by atoms with Gasteiger partial charge in [-0.2, -0.15) is 0 Å². The Hall–Kier alpha value is -3.97. The van der Waals surface area contributed by atoms with Crippen LogP contribution >= 0.6 is 11.8 Å². The summed E-state index contributed by atoms with van der Waals surface area (Å²) >= 11 is 1.21. The number of carbonyl (C=O) groups excluding carboxylic acids is 2. The lowest BCUT2D eigenvalue weighted by Gasteiger charge is -2.02. The summed E-state index contributed by atoms with van der Waals surface area (Å²) in [5.41, 5.74) is 3.69. The number of aliphatic imine (C=N–C) groups is 1. The number of aliphatic carboxylic acids is 1. The molecular weight excluding hydrogens is 412 g/mol. The number of hydrogen-bond acceptors (Lipinski definition) is 5. The van der Waals surface area contributed by atoms with Crippen molar-refractivity contribution in [3.63, 3.8) is 0 Å². The minimum atomic E-state index is -1.51. The van der Waals surface area contributed by atoms with Gasteiger partial charge in [0, 0.05) is 5.56 Å². The molecule has 1 aliphatic heterocycles. The Morgan fingerprint density at radius 2 is 1.52 bits per heavy atom. The first-order chi connectivity index (χ1) is 15.0. The van der Waals surface area contributed by atoms with E-state index in [0.717, 1.165) is 16.7 Å². The Balaban J connectivity index is 1.48. The third-order valence-corrected chi connectivity index (χ3v) is 5.43. The molecule has 1 saturated heterocycles. The Morgan fingerprint density at radius 1 is 0.871 bits per heavy atom. The highest BCUT2D eigenvalue weighted by atomic mass is 32.2. The number of carboxylic acids is 1. The molecule has 2 N–H and O–H groups in total. The van der Waals surface area contributed by atoms with E-state index in [9.17, 15) is 14.4 Å². The normalized spacial score (nSPS) is 15.8. The summed E-state index contributed by atoms with van der Waals surface area (Å²) in [6.45, 7) is 0. The van der Waals surface area contributed by atoms with Crippen LogP contribution in [0.3, 0.4) is 0 Å². The van der Waals surface area contributed by atoms with Gasteiger partial charge >= 0.3 is 5.97 Å². The maximum Gasteiger partial charge on any atom is 0.377 e. The molecule has 1 aliphatic rings. The van der Waals surface area contributed by atoms with Gasteiger partial charge in [-0.3, -0.25) is 9.59 Å². The van der Waals surface area contributed by atoms with E-state index >= 15 is 0 Å². The van der Waals surface area contributed by atoms with Crippen LogP contribution in [0, 0.1) is 0 Å². The molecule has 7 heteroatoms. The smallest absolute Gasteiger partial charge is 0.377 e. The SMILES string of the molecule is O=C(O)C(=O)c1ccc(N=C2NC(=O)/C(=C/c3ccc(-c4ccccc4)cc3)S2)cc1. The van der Waals surface area contributed by atoms with Crippen LogP contribution in [0.15, 0.2) is 88.8 Å². The van der Waals surface area contributed by atoms with Gasteiger partial charge in [-0.25, -0.2) is 9.79 Å². The van der Waals surface area contributed by atoms with Crippen molar-refractivity contribution in [2.45, 2.75) is 0 Å². The molecule has 1 fully saturated rings. The fourth-order valence-corrected chi connectivity index (χ4v) is 3.80. The standard InChI is InChI=1S/C24H16N2O4S/c27-21(23(29)30)18-10-12-19(13-11-18)25-24-26-22(28)20(31-24)14-15-6-8-17(9-7-15)16-4-2-1-3-5-16/h1-14H,(H,29,30)(H,25,26,28)/b20-14-. The van der Waals surface area contributed by atoms with Gasteiger partial charge in [-0.15, -0.1) is 0 Å². The summed E-state index contributed by atoms with van der Waals surface area (Å²) in [7, 11) is 0. The van der Waals surface area contributed by atoms with Crippen molar-refractivity contribution >= 4 is 46.4 Å². The van der Waals surface area contributed by atoms with Crippen LogP contribution in [0.2, 0.25) is 0 Å². The Bertz CT molecular complexity index is 1210. The number of Topliss-reactive ketones (excluding diaryl/α,β-unsaturated/α-hetero) is 1. The minimum absolute atomic E-state index is 0.0686. The molecule has 6 nitrogen and oxygen atoms in total. The largest absolute Gasteiger partial charge is 0.475 e. The summed E-state index contributed by atoms with van der Waals surface area (Å²) in [4.78, 5) is 39.4. The zero-order chi connectivity index (χ0) is 21.8. The van der Waals surface area contributed by atoms with Crippen LogP contribution in [0.1, 0.15) is 15.9 Å².